The van der Waals surface area contributed by atoms with Gasteiger partial charge in [0.15, 0.2) is 0 Å². The summed E-state index contributed by atoms with van der Waals surface area (Å²) in [5.41, 5.74) is 2.68. The second kappa shape index (κ2) is 4.96. The van der Waals surface area contributed by atoms with E-state index < -0.39 is 0 Å². The number of pyridine rings is 1. The monoisotopic (exact) mass is 271 g/mol. The number of ether oxygens (including phenoxy) is 1. The normalized spacial score (nSPS) is 18.2. The van der Waals surface area contributed by atoms with Crippen LogP contribution >= 0.6 is 0 Å². The lowest BCUT2D eigenvalue weighted by atomic mass is 10.1. The molecular weight excluding hydrogens is 254 g/mol. The molecule has 0 amide bonds. The Morgan fingerprint density at radius 1 is 1.35 bits per heavy atom. The summed E-state index contributed by atoms with van der Waals surface area (Å²) in [6.45, 7) is 5.98. The molecule has 0 saturated heterocycles. The highest BCUT2D eigenvalue weighted by Crippen LogP contribution is 2.25. The molecule has 2 aromatic heterocycles. The minimum absolute atomic E-state index is 0.0921. The highest BCUT2D eigenvalue weighted by atomic mass is 16.5. The predicted octanol–water partition coefficient (Wildman–Crippen LogP) is 2.11. The van der Waals surface area contributed by atoms with Gasteiger partial charge in [-0.15, -0.1) is 0 Å². The molecule has 3 rings (SSSR count). The van der Waals surface area contributed by atoms with Crippen LogP contribution in [0, 0.1) is 0 Å². The van der Waals surface area contributed by atoms with E-state index in [0.717, 1.165) is 22.3 Å². The number of hydrogen-bond donors (Lipinski definition) is 2. The van der Waals surface area contributed by atoms with E-state index >= 15 is 0 Å². The Morgan fingerprint density at radius 2 is 2.20 bits per heavy atom. The number of aromatic amines is 1. The van der Waals surface area contributed by atoms with Gasteiger partial charge in [-0.2, -0.15) is 5.10 Å². The van der Waals surface area contributed by atoms with E-state index in [1.165, 1.54) is 0 Å². The summed E-state index contributed by atoms with van der Waals surface area (Å²) in [5.74, 6) is 0.605. The molecule has 1 unspecified atom stereocenters. The SMILES string of the molecule is CC1C=C(c2n[nH]c3cnc(OC(C)C)cc23)NC=N1. The maximum absolute atomic E-state index is 5.64. The van der Waals surface area contributed by atoms with Gasteiger partial charge in [0.25, 0.3) is 0 Å². The van der Waals surface area contributed by atoms with Crippen LogP contribution in [0.1, 0.15) is 26.5 Å². The number of hydrogen-bond acceptors (Lipinski definition) is 5. The molecule has 0 saturated carbocycles. The van der Waals surface area contributed by atoms with Crippen molar-refractivity contribution in [3.05, 3.63) is 24.0 Å². The van der Waals surface area contributed by atoms with Gasteiger partial charge in [0.2, 0.25) is 5.88 Å². The minimum atomic E-state index is 0.0921. The Labute approximate surface area is 117 Å². The summed E-state index contributed by atoms with van der Waals surface area (Å²) in [5, 5.41) is 11.5. The van der Waals surface area contributed by atoms with E-state index in [1.54, 1.807) is 12.5 Å². The summed E-state index contributed by atoms with van der Waals surface area (Å²) >= 11 is 0. The number of aliphatic imine (C=N–C) groups is 1. The molecule has 0 fully saturated rings. The van der Waals surface area contributed by atoms with Gasteiger partial charge < -0.3 is 10.1 Å². The number of nitrogens with one attached hydrogen (secondary N) is 2. The number of fused-ring (bicyclic) bond motifs is 1. The van der Waals surface area contributed by atoms with E-state index in [0.29, 0.717) is 5.88 Å². The number of nitrogens with zero attached hydrogens (tertiary/aromatic N) is 3. The maximum atomic E-state index is 5.64. The average molecular weight is 271 g/mol. The van der Waals surface area contributed by atoms with Crippen molar-refractivity contribution in [1.82, 2.24) is 20.5 Å². The molecule has 1 atom stereocenters. The molecule has 2 aromatic rings. The van der Waals surface area contributed by atoms with Crippen LogP contribution in [0.15, 0.2) is 23.3 Å². The fraction of sp³-hybridized carbons (Fsp3) is 0.357. The Bertz CT molecular complexity index is 686. The molecule has 20 heavy (non-hydrogen) atoms. The molecular formula is C14H17N5O. The summed E-state index contributed by atoms with van der Waals surface area (Å²) in [6.07, 6.45) is 5.57. The van der Waals surface area contributed by atoms with Crippen molar-refractivity contribution in [2.45, 2.75) is 32.9 Å². The molecule has 104 valence electrons. The summed E-state index contributed by atoms with van der Waals surface area (Å²) in [6, 6.07) is 2.05. The zero-order valence-electron chi connectivity index (χ0n) is 11.7. The first kappa shape index (κ1) is 12.7. The topological polar surface area (TPSA) is 75.2 Å². The van der Waals surface area contributed by atoms with Crippen LogP contribution in [-0.2, 0) is 0 Å². The van der Waals surface area contributed by atoms with Gasteiger partial charge in [-0.25, -0.2) is 4.98 Å². The van der Waals surface area contributed by atoms with Gasteiger partial charge >= 0.3 is 0 Å². The molecule has 2 N–H and O–H groups in total. The highest BCUT2D eigenvalue weighted by Gasteiger charge is 2.15. The molecule has 3 heterocycles. The van der Waals surface area contributed by atoms with Gasteiger partial charge in [-0.3, -0.25) is 10.1 Å². The second-order valence-corrected chi connectivity index (χ2v) is 5.05. The fourth-order valence-corrected chi connectivity index (χ4v) is 2.11. The molecule has 0 aliphatic carbocycles. The molecule has 0 spiro atoms. The predicted molar refractivity (Wildman–Crippen MR) is 78.7 cm³/mol. The maximum Gasteiger partial charge on any atom is 0.214 e. The van der Waals surface area contributed by atoms with Gasteiger partial charge in [-0.05, 0) is 26.8 Å². The minimum Gasteiger partial charge on any atom is -0.475 e. The zero-order chi connectivity index (χ0) is 14.1. The largest absolute Gasteiger partial charge is 0.475 e. The van der Waals surface area contributed by atoms with Crippen LogP contribution < -0.4 is 10.1 Å². The quantitative estimate of drug-likeness (QED) is 0.896. The number of rotatable bonds is 3. The first-order valence-electron chi connectivity index (χ1n) is 6.64. The highest BCUT2D eigenvalue weighted by molar-refractivity contribution is 5.92. The molecule has 1 aliphatic heterocycles. The van der Waals surface area contributed by atoms with Crippen LogP contribution in [0.5, 0.6) is 5.88 Å². The van der Waals surface area contributed by atoms with E-state index in [9.17, 15) is 0 Å². The average Bonchev–Trinajstić information content (AvgIpc) is 2.81. The van der Waals surface area contributed by atoms with E-state index in [4.69, 9.17) is 4.74 Å². The number of H-pyrrole nitrogens is 1. The third kappa shape index (κ3) is 2.36. The third-order valence-corrected chi connectivity index (χ3v) is 2.97. The Hall–Kier alpha value is -2.37. The Kier molecular flexibility index (Phi) is 3.14. The van der Waals surface area contributed by atoms with E-state index in [1.807, 2.05) is 32.9 Å². The first-order valence-corrected chi connectivity index (χ1v) is 6.64. The van der Waals surface area contributed by atoms with Gasteiger partial charge in [-0.1, -0.05) is 0 Å². The second-order valence-electron chi connectivity index (χ2n) is 5.05. The van der Waals surface area contributed by atoms with Crippen molar-refractivity contribution in [3.8, 4) is 5.88 Å². The molecule has 6 nitrogen and oxygen atoms in total. The smallest absolute Gasteiger partial charge is 0.214 e. The molecule has 1 aliphatic rings. The van der Waals surface area contributed by atoms with Crippen LogP contribution in [0.2, 0.25) is 0 Å². The molecule has 0 radical (unpaired) electrons. The lowest BCUT2D eigenvalue weighted by molar-refractivity contribution is 0.233. The van der Waals surface area contributed by atoms with E-state index in [2.05, 4.69) is 25.5 Å². The molecule has 0 bridgehead atoms. The van der Waals surface area contributed by atoms with Crippen molar-refractivity contribution < 1.29 is 4.74 Å². The van der Waals surface area contributed by atoms with Crippen molar-refractivity contribution >= 4 is 22.9 Å². The Balaban J connectivity index is 2.03. The van der Waals surface area contributed by atoms with E-state index in [-0.39, 0.29) is 12.1 Å². The summed E-state index contributed by atoms with van der Waals surface area (Å²) < 4.78 is 5.64. The fourth-order valence-electron chi connectivity index (χ4n) is 2.11. The van der Waals surface area contributed by atoms with Crippen LogP contribution in [-0.4, -0.2) is 33.7 Å². The standard InChI is InChI=1S/C14H17N5O/c1-8(2)20-13-5-10-12(6-15-13)18-19-14(10)11-4-9(3)16-7-17-11/h4-9H,1-3H3,(H,16,17)(H,18,19). The van der Waals surface area contributed by atoms with Crippen LogP contribution in [0.3, 0.4) is 0 Å². The summed E-state index contributed by atoms with van der Waals surface area (Å²) in [4.78, 5) is 8.50. The van der Waals surface area contributed by atoms with Crippen molar-refractivity contribution in [3.63, 3.8) is 0 Å². The van der Waals surface area contributed by atoms with Crippen molar-refractivity contribution in [2.24, 2.45) is 4.99 Å². The third-order valence-electron chi connectivity index (χ3n) is 2.97. The first-order chi connectivity index (χ1) is 9.63. The van der Waals surface area contributed by atoms with Gasteiger partial charge in [0.1, 0.15) is 5.69 Å². The van der Waals surface area contributed by atoms with Gasteiger partial charge in [0.05, 0.1) is 35.9 Å². The molecule has 6 heteroatoms. The lowest BCUT2D eigenvalue weighted by Crippen LogP contribution is -2.18. The number of aromatic nitrogens is 3. The summed E-state index contributed by atoms with van der Waals surface area (Å²) in [7, 11) is 0. The van der Waals surface area contributed by atoms with Crippen molar-refractivity contribution in [1.29, 1.82) is 0 Å². The lowest BCUT2D eigenvalue weighted by Gasteiger charge is -2.12. The van der Waals surface area contributed by atoms with Crippen LogP contribution in [0.4, 0.5) is 0 Å². The Morgan fingerprint density at radius 3 is 2.95 bits per heavy atom. The molecule has 0 aromatic carbocycles. The van der Waals surface area contributed by atoms with Crippen LogP contribution in [0.25, 0.3) is 16.6 Å². The zero-order valence-corrected chi connectivity index (χ0v) is 11.7. The van der Waals surface area contributed by atoms with Gasteiger partial charge in [0, 0.05) is 11.5 Å². The van der Waals surface area contributed by atoms with Crippen molar-refractivity contribution in [2.75, 3.05) is 0 Å².